The molecule has 1 aromatic carbocycles. The molecule has 0 unspecified atom stereocenters. The Morgan fingerprint density at radius 3 is 2.37 bits per heavy atom. The second-order valence-electron chi connectivity index (χ2n) is 4.30. The van der Waals surface area contributed by atoms with Crippen molar-refractivity contribution in [3.63, 3.8) is 0 Å². The number of hydrogen-bond acceptors (Lipinski definition) is 2. The van der Waals surface area contributed by atoms with Gasteiger partial charge in [-0.1, -0.05) is 51.3 Å². The summed E-state index contributed by atoms with van der Waals surface area (Å²) in [4.78, 5) is 12.6. The van der Waals surface area contributed by atoms with Gasteiger partial charge in [0, 0.05) is 10.6 Å². The van der Waals surface area contributed by atoms with Crippen molar-refractivity contribution in [2.75, 3.05) is 5.32 Å². The van der Waals surface area contributed by atoms with Gasteiger partial charge in [-0.15, -0.1) is 0 Å². The molecule has 0 atom stereocenters. The molecule has 0 bridgehead atoms. The summed E-state index contributed by atoms with van der Waals surface area (Å²) in [7, 11) is 0. The zero-order valence-corrected chi connectivity index (χ0v) is 12.2. The fraction of sp³-hybridized carbons (Fsp3) is 0.188. The average Bonchev–Trinajstić information content (AvgIpc) is 2.38. The monoisotopic (exact) mass is 273 g/mol. The van der Waals surface area contributed by atoms with Gasteiger partial charge in [0.25, 0.3) is 5.24 Å². The smallest absolute Gasteiger partial charge is 0.288 e. The zero-order valence-electron chi connectivity index (χ0n) is 11.3. The number of anilines is 1. The van der Waals surface area contributed by atoms with E-state index in [4.69, 9.17) is 0 Å². The van der Waals surface area contributed by atoms with Crippen LogP contribution in [0, 0.1) is 0 Å². The van der Waals surface area contributed by atoms with Gasteiger partial charge in [0.05, 0.1) is 0 Å². The van der Waals surface area contributed by atoms with Crippen LogP contribution in [0.2, 0.25) is 0 Å². The van der Waals surface area contributed by atoms with Crippen LogP contribution >= 0.6 is 11.8 Å². The molecule has 100 valence electrons. The first-order chi connectivity index (χ1) is 9.06. The summed E-state index contributed by atoms with van der Waals surface area (Å²) in [5.74, 6) is 0.488. The number of benzene rings is 1. The van der Waals surface area contributed by atoms with Crippen molar-refractivity contribution in [3.05, 3.63) is 66.1 Å². The first kappa shape index (κ1) is 15.3. The lowest BCUT2D eigenvalue weighted by atomic mass is 10.0. The molecule has 1 amide bonds. The minimum Gasteiger partial charge on any atom is -0.317 e. The molecule has 0 fully saturated rings. The van der Waals surface area contributed by atoms with Gasteiger partial charge >= 0.3 is 0 Å². The predicted octanol–water partition coefficient (Wildman–Crippen LogP) is 5.33. The molecule has 3 heteroatoms. The molecule has 0 aliphatic carbocycles. The van der Waals surface area contributed by atoms with Crippen LogP contribution < -0.4 is 5.32 Å². The van der Waals surface area contributed by atoms with Gasteiger partial charge in [0.2, 0.25) is 0 Å². The molecule has 2 nitrogen and oxygen atoms in total. The van der Waals surface area contributed by atoms with Gasteiger partial charge in [-0.05, 0) is 41.5 Å². The van der Waals surface area contributed by atoms with E-state index in [0.717, 1.165) is 22.4 Å². The standard InChI is InChI=1S/C16H19NOS/c1-5-7-15(6-2)19-16(18)17-14-10-8-13(9-11-14)12(3)4/h5-12H,1-2H2,3-4H3,(H,17,18)/b15-7+. The van der Waals surface area contributed by atoms with Crippen LogP contribution in [0.15, 0.2) is 60.6 Å². The molecular formula is C16H19NOS. The molecule has 0 saturated carbocycles. The van der Waals surface area contributed by atoms with Crippen molar-refractivity contribution in [2.24, 2.45) is 0 Å². The highest BCUT2D eigenvalue weighted by atomic mass is 32.2. The molecule has 1 N–H and O–H groups in total. The minimum atomic E-state index is -0.134. The van der Waals surface area contributed by atoms with Crippen molar-refractivity contribution in [3.8, 4) is 0 Å². The third kappa shape index (κ3) is 5.18. The highest BCUT2D eigenvalue weighted by molar-refractivity contribution is 8.17. The maximum Gasteiger partial charge on any atom is 0.288 e. The Hall–Kier alpha value is -1.74. The van der Waals surface area contributed by atoms with Gasteiger partial charge in [-0.3, -0.25) is 4.79 Å². The second-order valence-corrected chi connectivity index (χ2v) is 5.35. The third-order valence-electron chi connectivity index (χ3n) is 2.52. The molecule has 0 heterocycles. The van der Waals surface area contributed by atoms with Crippen LogP contribution in [-0.4, -0.2) is 5.24 Å². The van der Waals surface area contributed by atoms with Crippen molar-refractivity contribution in [1.82, 2.24) is 0 Å². The molecule has 0 aliphatic heterocycles. The van der Waals surface area contributed by atoms with E-state index in [9.17, 15) is 4.79 Å². The lowest BCUT2D eigenvalue weighted by Crippen LogP contribution is -2.04. The van der Waals surface area contributed by atoms with E-state index in [1.807, 2.05) is 24.3 Å². The van der Waals surface area contributed by atoms with Crippen molar-refractivity contribution >= 4 is 22.7 Å². The Balaban J connectivity index is 2.64. The Bertz CT molecular complexity index is 486. The highest BCUT2D eigenvalue weighted by Gasteiger charge is 2.05. The largest absolute Gasteiger partial charge is 0.317 e. The van der Waals surface area contributed by atoms with E-state index < -0.39 is 0 Å². The summed E-state index contributed by atoms with van der Waals surface area (Å²) >= 11 is 1.10. The Morgan fingerprint density at radius 1 is 1.26 bits per heavy atom. The molecular weight excluding hydrogens is 254 g/mol. The van der Waals surface area contributed by atoms with Crippen LogP contribution in [0.5, 0.6) is 0 Å². The quantitative estimate of drug-likeness (QED) is 0.734. The average molecular weight is 273 g/mol. The van der Waals surface area contributed by atoms with E-state index in [0.29, 0.717) is 5.92 Å². The highest BCUT2D eigenvalue weighted by Crippen LogP contribution is 2.22. The predicted molar refractivity (Wildman–Crippen MR) is 85.6 cm³/mol. The Morgan fingerprint density at radius 2 is 1.89 bits per heavy atom. The minimum absolute atomic E-state index is 0.134. The third-order valence-corrected chi connectivity index (χ3v) is 3.34. The van der Waals surface area contributed by atoms with Crippen LogP contribution in [0.25, 0.3) is 0 Å². The van der Waals surface area contributed by atoms with E-state index in [1.54, 1.807) is 18.2 Å². The van der Waals surface area contributed by atoms with Gasteiger partial charge in [-0.25, -0.2) is 0 Å². The van der Waals surface area contributed by atoms with Crippen molar-refractivity contribution < 1.29 is 4.79 Å². The summed E-state index contributed by atoms with van der Waals surface area (Å²) in [6.07, 6.45) is 5.02. The second kappa shape index (κ2) is 7.64. The van der Waals surface area contributed by atoms with Crippen LogP contribution in [0.1, 0.15) is 25.3 Å². The molecule has 19 heavy (non-hydrogen) atoms. The SMILES string of the molecule is C=C/C=C(\C=C)SC(=O)Nc1ccc(C(C)C)cc1. The zero-order chi connectivity index (χ0) is 14.3. The molecule has 1 aromatic rings. The Kier molecular flexibility index (Phi) is 6.16. The van der Waals surface area contributed by atoms with Crippen LogP contribution in [0.4, 0.5) is 10.5 Å². The van der Waals surface area contributed by atoms with E-state index in [2.05, 4.69) is 32.3 Å². The molecule has 0 aliphatic rings. The lowest BCUT2D eigenvalue weighted by Gasteiger charge is -2.08. The van der Waals surface area contributed by atoms with Crippen LogP contribution in [-0.2, 0) is 0 Å². The Labute approximate surface area is 119 Å². The number of nitrogens with one attached hydrogen (secondary N) is 1. The topological polar surface area (TPSA) is 29.1 Å². The van der Waals surface area contributed by atoms with E-state index >= 15 is 0 Å². The summed E-state index contributed by atoms with van der Waals surface area (Å²) in [5.41, 5.74) is 2.05. The maximum atomic E-state index is 11.8. The molecule has 0 aromatic heterocycles. The molecule has 1 rings (SSSR count). The number of thioether (sulfide) groups is 1. The summed E-state index contributed by atoms with van der Waals surface area (Å²) in [6.45, 7) is 11.5. The number of rotatable bonds is 5. The molecule has 0 saturated heterocycles. The summed E-state index contributed by atoms with van der Waals surface area (Å²) < 4.78 is 0. The first-order valence-electron chi connectivity index (χ1n) is 6.10. The summed E-state index contributed by atoms with van der Waals surface area (Å²) in [6, 6.07) is 7.88. The van der Waals surface area contributed by atoms with E-state index in [-0.39, 0.29) is 5.24 Å². The summed E-state index contributed by atoms with van der Waals surface area (Å²) in [5, 5.41) is 2.70. The number of carbonyl (C=O) groups is 1. The normalized spacial score (nSPS) is 11.2. The number of amides is 1. The van der Waals surface area contributed by atoms with Crippen molar-refractivity contribution in [1.29, 1.82) is 0 Å². The number of carbonyl (C=O) groups excluding carboxylic acids is 1. The molecule has 0 spiro atoms. The molecule has 0 radical (unpaired) electrons. The fourth-order valence-electron chi connectivity index (χ4n) is 1.46. The van der Waals surface area contributed by atoms with Gasteiger partial charge in [0.1, 0.15) is 0 Å². The number of allylic oxidation sites excluding steroid dienone is 3. The fourth-order valence-corrected chi connectivity index (χ4v) is 2.09. The lowest BCUT2D eigenvalue weighted by molar-refractivity contribution is 0.270. The van der Waals surface area contributed by atoms with Gasteiger partial charge in [-0.2, -0.15) is 0 Å². The first-order valence-corrected chi connectivity index (χ1v) is 6.92. The van der Waals surface area contributed by atoms with Crippen LogP contribution in [0.3, 0.4) is 0 Å². The van der Waals surface area contributed by atoms with Crippen molar-refractivity contribution in [2.45, 2.75) is 19.8 Å². The van der Waals surface area contributed by atoms with Gasteiger partial charge in [0.15, 0.2) is 0 Å². The number of hydrogen-bond donors (Lipinski definition) is 1. The van der Waals surface area contributed by atoms with E-state index in [1.165, 1.54) is 5.56 Å². The van der Waals surface area contributed by atoms with Gasteiger partial charge < -0.3 is 5.32 Å². The maximum absolute atomic E-state index is 11.8.